The number of hydrogen-bond acceptors (Lipinski definition) is 4. The Bertz CT molecular complexity index is 843. The van der Waals surface area contributed by atoms with Crippen molar-refractivity contribution in [1.82, 2.24) is 0 Å². The summed E-state index contributed by atoms with van der Waals surface area (Å²) in [7, 11) is 1.56. The van der Waals surface area contributed by atoms with Gasteiger partial charge in [-0.3, -0.25) is 0 Å². The van der Waals surface area contributed by atoms with Gasteiger partial charge >= 0.3 is 5.97 Å². The maximum atomic E-state index is 12.0. The third kappa shape index (κ3) is 3.23. The number of methoxy groups -OCH3 is 1. The Kier molecular flexibility index (Phi) is 4.37. The molecule has 23 heavy (non-hydrogen) atoms. The predicted molar refractivity (Wildman–Crippen MR) is 90.1 cm³/mol. The molecule has 6 heteroatoms. The molecule has 0 aromatic heterocycles. The van der Waals surface area contributed by atoms with Crippen LogP contribution in [-0.4, -0.2) is 19.0 Å². The van der Waals surface area contributed by atoms with Gasteiger partial charge in [0.1, 0.15) is 5.75 Å². The van der Waals surface area contributed by atoms with Gasteiger partial charge in [0.15, 0.2) is 5.70 Å². The molecule has 0 unspecified atom stereocenters. The largest absolute Gasteiger partial charge is 0.496 e. The Hall–Kier alpha value is -2.30. The van der Waals surface area contributed by atoms with E-state index in [4.69, 9.17) is 32.7 Å². The van der Waals surface area contributed by atoms with Crippen molar-refractivity contribution in [2.24, 2.45) is 4.99 Å². The highest BCUT2D eigenvalue weighted by Crippen LogP contribution is 2.27. The first-order chi connectivity index (χ1) is 11.1. The summed E-state index contributed by atoms with van der Waals surface area (Å²) < 4.78 is 10.5. The molecule has 0 radical (unpaired) electrons. The minimum Gasteiger partial charge on any atom is -0.496 e. The van der Waals surface area contributed by atoms with Crippen molar-refractivity contribution in [3.63, 3.8) is 0 Å². The van der Waals surface area contributed by atoms with Crippen LogP contribution < -0.4 is 4.74 Å². The topological polar surface area (TPSA) is 47.9 Å². The number of cyclic esters (lactones) is 1. The highest BCUT2D eigenvalue weighted by molar-refractivity contribution is 6.37. The molecule has 1 heterocycles. The van der Waals surface area contributed by atoms with E-state index in [-0.39, 0.29) is 11.6 Å². The van der Waals surface area contributed by atoms with Crippen molar-refractivity contribution >= 4 is 41.1 Å². The molecule has 2 aromatic rings. The first kappa shape index (κ1) is 15.6. The Morgan fingerprint density at radius 1 is 1.17 bits per heavy atom. The smallest absolute Gasteiger partial charge is 0.363 e. The van der Waals surface area contributed by atoms with Crippen molar-refractivity contribution in [3.8, 4) is 5.75 Å². The average molecular weight is 348 g/mol. The maximum absolute atomic E-state index is 12.0. The molecule has 0 spiro atoms. The first-order valence-electron chi connectivity index (χ1n) is 6.69. The van der Waals surface area contributed by atoms with E-state index in [1.807, 2.05) is 18.2 Å². The number of carbonyl (C=O) groups excluding carboxylic acids is 1. The van der Waals surface area contributed by atoms with Crippen LogP contribution in [0.2, 0.25) is 10.0 Å². The van der Waals surface area contributed by atoms with Crippen LogP contribution in [0.25, 0.3) is 6.08 Å². The summed E-state index contributed by atoms with van der Waals surface area (Å²) in [5, 5.41) is 0.857. The lowest BCUT2D eigenvalue weighted by Gasteiger charge is -2.03. The molecule has 1 aliphatic heterocycles. The summed E-state index contributed by atoms with van der Waals surface area (Å²) in [5.74, 6) is 0.246. The Labute approximate surface area is 143 Å². The summed E-state index contributed by atoms with van der Waals surface area (Å²) in [6, 6.07) is 12.2. The quantitative estimate of drug-likeness (QED) is 0.612. The van der Waals surface area contributed by atoms with Gasteiger partial charge in [-0.2, -0.15) is 0 Å². The number of para-hydroxylation sites is 1. The zero-order valence-corrected chi connectivity index (χ0v) is 13.6. The lowest BCUT2D eigenvalue weighted by molar-refractivity contribution is -0.129. The van der Waals surface area contributed by atoms with Gasteiger partial charge in [-0.05, 0) is 30.3 Å². The molecule has 0 aliphatic carbocycles. The predicted octanol–water partition coefficient (Wildman–Crippen LogP) is 4.35. The zero-order valence-electron chi connectivity index (χ0n) is 12.0. The van der Waals surface area contributed by atoms with Gasteiger partial charge in [-0.25, -0.2) is 9.79 Å². The van der Waals surface area contributed by atoms with Crippen LogP contribution in [0.3, 0.4) is 0 Å². The van der Waals surface area contributed by atoms with Crippen molar-refractivity contribution in [3.05, 3.63) is 69.3 Å². The van der Waals surface area contributed by atoms with Crippen LogP contribution in [0, 0.1) is 0 Å². The number of carbonyl (C=O) groups is 1. The number of esters is 1. The minimum atomic E-state index is -0.545. The second-order valence-electron chi connectivity index (χ2n) is 4.70. The van der Waals surface area contributed by atoms with Crippen LogP contribution in [0.15, 0.2) is 53.2 Å². The summed E-state index contributed by atoms with van der Waals surface area (Å²) in [5.41, 5.74) is 1.41. The third-order valence-corrected chi connectivity index (χ3v) is 3.76. The van der Waals surface area contributed by atoms with Crippen LogP contribution in [0.5, 0.6) is 5.75 Å². The number of ether oxygens (including phenoxy) is 2. The summed E-state index contributed by atoms with van der Waals surface area (Å²) in [4.78, 5) is 16.2. The maximum Gasteiger partial charge on any atom is 0.363 e. The van der Waals surface area contributed by atoms with Gasteiger partial charge in [-0.15, -0.1) is 0 Å². The Morgan fingerprint density at radius 3 is 2.70 bits per heavy atom. The van der Waals surface area contributed by atoms with Crippen molar-refractivity contribution in [2.45, 2.75) is 0 Å². The highest BCUT2D eigenvalue weighted by Gasteiger charge is 2.26. The van der Waals surface area contributed by atoms with E-state index in [2.05, 4.69) is 4.99 Å². The normalized spacial score (nSPS) is 15.5. The molecular weight excluding hydrogens is 337 g/mol. The summed E-state index contributed by atoms with van der Waals surface area (Å²) in [6.45, 7) is 0. The molecule has 0 N–H and O–H groups in total. The first-order valence-corrected chi connectivity index (χ1v) is 7.45. The fraction of sp³-hybridized carbons (Fsp3) is 0.0588. The van der Waals surface area contributed by atoms with Gasteiger partial charge in [-0.1, -0.05) is 41.4 Å². The molecule has 0 bridgehead atoms. The van der Waals surface area contributed by atoms with E-state index in [1.54, 1.807) is 37.5 Å². The van der Waals surface area contributed by atoms with E-state index in [9.17, 15) is 4.79 Å². The second-order valence-corrected chi connectivity index (χ2v) is 5.55. The van der Waals surface area contributed by atoms with Crippen LogP contribution in [-0.2, 0) is 9.53 Å². The SMILES string of the molecule is COc1ccccc1/C=C1/N=C(c2ccc(Cl)cc2Cl)OC1=O. The molecule has 1 aliphatic rings. The van der Waals surface area contributed by atoms with E-state index < -0.39 is 5.97 Å². The van der Waals surface area contributed by atoms with E-state index in [0.717, 1.165) is 5.56 Å². The average Bonchev–Trinajstić information content (AvgIpc) is 2.88. The van der Waals surface area contributed by atoms with E-state index >= 15 is 0 Å². The fourth-order valence-corrected chi connectivity index (χ4v) is 2.61. The van der Waals surface area contributed by atoms with Gasteiger partial charge in [0, 0.05) is 10.6 Å². The fourth-order valence-electron chi connectivity index (χ4n) is 2.12. The minimum absolute atomic E-state index is 0.151. The third-order valence-electron chi connectivity index (χ3n) is 3.21. The summed E-state index contributed by atoms with van der Waals surface area (Å²) in [6.07, 6.45) is 1.61. The molecule has 0 fully saturated rings. The Morgan fingerprint density at radius 2 is 1.96 bits per heavy atom. The van der Waals surface area contributed by atoms with Crippen LogP contribution in [0.1, 0.15) is 11.1 Å². The molecule has 0 saturated heterocycles. The number of benzene rings is 2. The molecule has 2 aromatic carbocycles. The zero-order chi connectivity index (χ0) is 16.4. The van der Waals surface area contributed by atoms with E-state index in [1.165, 1.54) is 0 Å². The van der Waals surface area contributed by atoms with Crippen molar-refractivity contribution in [1.29, 1.82) is 0 Å². The Balaban J connectivity index is 2.00. The lowest BCUT2D eigenvalue weighted by Crippen LogP contribution is -2.05. The number of rotatable bonds is 3. The molecule has 3 rings (SSSR count). The molecule has 4 nitrogen and oxygen atoms in total. The lowest BCUT2D eigenvalue weighted by atomic mass is 10.1. The van der Waals surface area contributed by atoms with Crippen LogP contribution >= 0.6 is 23.2 Å². The van der Waals surface area contributed by atoms with Crippen LogP contribution in [0.4, 0.5) is 0 Å². The number of aliphatic imine (C=N–C) groups is 1. The molecule has 116 valence electrons. The highest BCUT2D eigenvalue weighted by atomic mass is 35.5. The monoisotopic (exact) mass is 347 g/mol. The number of halogens is 2. The number of hydrogen-bond donors (Lipinski definition) is 0. The molecule has 0 amide bonds. The van der Waals surface area contributed by atoms with Gasteiger partial charge in [0.2, 0.25) is 5.90 Å². The van der Waals surface area contributed by atoms with Gasteiger partial charge in [0.25, 0.3) is 0 Å². The number of nitrogens with zero attached hydrogens (tertiary/aromatic N) is 1. The van der Waals surface area contributed by atoms with Gasteiger partial charge in [0.05, 0.1) is 17.7 Å². The molecule has 0 saturated carbocycles. The molecular formula is C17H11Cl2NO3. The van der Waals surface area contributed by atoms with Crippen molar-refractivity contribution < 1.29 is 14.3 Å². The van der Waals surface area contributed by atoms with Gasteiger partial charge < -0.3 is 9.47 Å². The summed E-state index contributed by atoms with van der Waals surface area (Å²) >= 11 is 12.0. The second kappa shape index (κ2) is 6.44. The van der Waals surface area contributed by atoms with Crippen molar-refractivity contribution in [2.75, 3.05) is 7.11 Å². The standard InChI is InChI=1S/C17H11Cl2NO3/c1-22-15-5-3-2-4-10(15)8-14-17(21)23-16(20-14)12-7-6-11(18)9-13(12)19/h2-9H,1H3/b14-8+. The molecule has 0 atom stereocenters. The van der Waals surface area contributed by atoms with E-state index in [0.29, 0.717) is 21.4 Å².